The molecule has 0 aromatic rings. The molecule has 1 heterocycles. The quantitative estimate of drug-likeness (QED) is 0.553. The summed E-state index contributed by atoms with van der Waals surface area (Å²) in [6, 6.07) is 0. The van der Waals surface area contributed by atoms with Crippen molar-refractivity contribution in [1.29, 1.82) is 0 Å². The van der Waals surface area contributed by atoms with Crippen molar-refractivity contribution in [2.24, 2.45) is 0 Å². The van der Waals surface area contributed by atoms with Crippen molar-refractivity contribution in [3.05, 3.63) is 0 Å². The summed E-state index contributed by atoms with van der Waals surface area (Å²) in [5, 5.41) is 9.88. The fourth-order valence-electron chi connectivity index (χ4n) is 2.76. The third-order valence-corrected chi connectivity index (χ3v) is 3.98. The average molecular weight is 256 g/mol. The highest BCUT2D eigenvalue weighted by molar-refractivity contribution is 4.66. The van der Waals surface area contributed by atoms with Crippen LogP contribution in [0.2, 0.25) is 0 Å². The Hall–Kier alpha value is -0.0800. The predicted octanol–water partition coefficient (Wildman–Crippen LogP) is 4.45. The smallest absolute Gasteiger partial charge is 0.0576 e. The molecular formula is C16H32O2. The molecule has 18 heavy (non-hydrogen) atoms. The maximum Gasteiger partial charge on any atom is 0.0576 e. The molecular weight excluding hydrogens is 224 g/mol. The lowest BCUT2D eigenvalue weighted by molar-refractivity contribution is 0.0928. The van der Waals surface area contributed by atoms with Crippen molar-refractivity contribution in [3.8, 4) is 0 Å². The Bertz CT molecular complexity index is 176. The first-order valence-corrected chi connectivity index (χ1v) is 8.12. The van der Waals surface area contributed by atoms with Crippen molar-refractivity contribution in [2.45, 2.75) is 96.2 Å². The molecule has 0 radical (unpaired) electrons. The molecule has 2 atom stereocenters. The first kappa shape index (κ1) is 16.0. The zero-order valence-corrected chi connectivity index (χ0v) is 12.2. The van der Waals surface area contributed by atoms with Gasteiger partial charge in [-0.05, 0) is 38.5 Å². The Kier molecular flexibility index (Phi) is 9.59. The van der Waals surface area contributed by atoms with Crippen molar-refractivity contribution < 1.29 is 9.84 Å². The summed E-state index contributed by atoms with van der Waals surface area (Å²) in [7, 11) is 0. The van der Waals surface area contributed by atoms with Gasteiger partial charge in [0.05, 0.1) is 12.2 Å². The number of rotatable bonds is 11. The molecule has 0 aromatic carbocycles. The van der Waals surface area contributed by atoms with Crippen LogP contribution in [0.3, 0.4) is 0 Å². The van der Waals surface area contributed by atoms with Gasteiger partial charge in [-0.2, -0.15) is 0 Å². The third kappa shape index (κ3) is 8.10. The SMILES string of the molecule is CCCCCCCCC(O)CCCC1CCCO1. The minimum absolute atomic E-state index is 0.0717. The maximum atomic E-state index is 9.88. The number of aliphatic hydroxyl groups excluding tert-OH is 1. The van der Waals surface area contributed by atoms with E-state index in [9.17, 15) is 5.11 Å². The average Bonchev–Trinajstić information content (AvgIpc) is 2.87. The van der Waals surface area contributed by atoms with E-state index in [2.05, 4.69) is 6.92 Å². The summed E-state index contributed by atoms with van der Waals surface area (Å²) < 4.78 is 5.59. The maximum absolute atomic E-state index is 9.88. The molecule has 0 saturated carbocycles. The van der Waals surface area contributed by atoms with Crippen molar-refractivity contribution in [3.63, 3.8) is 0 Å². The molecule has 2 unspecified atom stereocenters. The summed E-state index contributed by atoms with van der Waals surface area (Å²) in [5.41, 5.74) is 0. The van der Waals surface area contributed by atoms with Gasteiger partial charge in [-0.25, -0.2) is 0 Å². The van der Waals surface area contributed by atoms with Gasteiger partial charge in [0.1, 0.15) is 0 Å². The summed E-state index contributed by atoms with van der Waals surface area (Å²) in [5.74, 6) is 0. The molecule has 0 spiro atoms. The first-order chi connectivity index (χ1) is 8.83. The number of aliphatic hydroxyl groups is 1. The van der Waals surface area contributed by atoms with Crippen molar-refractivity contribution >= 4 is 0 Å². The van der Waals surface area contributed by atoms with Gasteiger partial charge in [-0.3, -0.25) is 0 Å². The van der Waals surface area contributed by atoms with Gasteiger partial charge < -0.3 is 9.84 Å². The lowest BCUT2D eigenvalue weighted by Gasteiger charge is -2.12. The zero-order chi connectivity index (χ0) is 13.1. The molecule has 2 nitrogen and oxygen atoms in total. The van der Waals surface area contributed by atoms with E-state index in [1.54, 1.807) is 0 Å². The Labute approximate surface area is 113 Å². The molecule has 1 N–H and O–H groups in total. The van der Waals surface area contributed by atoms with Crippen molar-refractivity contribution in [1.82, 2.24) is 0 Å². The first-order valence-electron chi connectivity index (χ1n) is 8.12. The molecule has 0 aromatic heterocycles. The highest BCUT2D eigenvalue weighted by atomic mass is 16.5. The molecule has 1 saturated heterocycles. The topological polar surface area (TPSA) is 29.5 Å². The standard InChI is InChI=1S/C16H32O2/c1-2-3-4-5-6-7-10-15(17)11-8-12-16-13-9-14-18-16/h15-17H,2-14H2,1H3. The monoisotopic (exact) mass is 256 g/mol. The van der Waals surface area contributed by atoms with Crippen LogP contribution in [0.15, 0.2) is 0 Å². The van der Waals surface area contributed by atoms with Crippen molar-refractivity contribution in [2.75, 3.05) is 6.61 Å². The lowest BCUT2D eigenvalue weighted by Crippen LogP contribution is -2.09. The van der Waals surface area contributed by atoms with E-state index in [1.807, 2.05) is 0 Å². The van der Waals surface area contributed by atoms with Crippen LogP contribution in [0, 0.1) is 0 Å². The number of hydrogen-bond donors (Lipinski definition) is 1. The van der Waals surface area contributed by atoms with Gasteiger partial charge in [0.25, 0.3) is 0 Å². The number of ether oxygens (including phenoxy) is 1. The van der Waals surface area contributed by atoms with E-state index in [1.165, 1.54) is 51.4 Å². The third-order valence-electron chi connectivity index (χ3n) is 3.98. The van der Waals surface area contributed by atoms with Crippen LogP contribution in [-0.4, -0.2) is 23.9 Å². The molecule has 108 valence electrons. The Morgan fingerprint density at radius 3 is 2.50 bits per heavy atom. The Morgan fingerprint density at radius 2 is 1.78 bits per heavy atom. The van der Waals surface area contributed by atoms with E-state index < -0.39 is 0 Å². The van der Waals surface area contributed by atoms with Crippen LogP contribution >= 0.6 is 0 Å². The largest absolute Gasteiger partial charge is 0.393 e. The van der Waals surface area contributed by atoms with E-state index >= 15 is 0 Å². The van der Waals surface area contributed by atoms with Gasteiger partial charge in [0, 0.05) is 6.61 Å². The van der Waals surface area contributed by atoms with Crippen LogP contribution in [0.1, 0.15) is 84.0 Å². The highest BCUT2D eigenvalue weighted by Crippen LogP contribution is 2.19. The number of hydrogen-bond acceptors (Lipinski definition) is 2. The lowest BCUT2D eigenvalue weighted by atomic mass is 10.0. The van der Waals surface area contributed by atoms with Crippen LogP contribution in [-0.2, 0) is 4.74 Å². The van der Waals surface area contributed by atoms with E-state index in [0.29, 0.717) is 6.10 Å². The van der Waals surface area contributed by atoms with Gasteiger partial charge in [-0.15, -0.1) is 0 Å². The molecule has 2 heteroatoms. The summed E-state index contributed by atoms with van der Waals surface area (Å²) in [4.78, 5) is 0. The Balaban J connectivity index is 1.82. The second-order valence-electron chi connectivity index (χ2n) is 5.78. The zero-order valence-electron chi connectivity index (χ0n) is 12.2. The van der Waals surface area contributed by atoms with Crippen LogP contribution in [0.4, 0.5) is 0 Å². The Morgan fingerprint density at radius 1 is 1.06 bits per heavy atom. The van der Waals surface area contributed by atoms with Gasteiger partial charge in [-0.1, -0.05) is 45.4 Å². The minimum Gasteiger partial charge on any atom is -0.393 e. The predicted molar refractivity (Wildman–Crippen MR) is 76.8 cm³/mol. The summed E-state index contributed by atoms with van der Waals surface area (Å²) in [6.45, 7) is 3.20. The highest BCUT2D eigenvalue weighted by Gasteiger charge is 2.15. The molecule has 1 aliphatic heterocycles. The normalized spacial score (nSPS) is 21.3. The molecule has 1 aliphatic rings. The second kappa shape index (κ2) is 10.8. The van der Waals surface area contributed by atoms with E-state index in [0.717, 1.165) is 32.3 Å². The molecule has 0 aliphatic carbocycles. The van der Waals surface area contributed by atoms with Crippen LogP contribution < -0.4 is 0 Å². The van der Waals surface area contributed by atoms with Crippen LogP contribution in [0.5, 0.6) is 0 Å². The second-order valence-corrected chi connectivity index (χ2v) is 5.78. The van der Waals surface area contributed by atoms with Gasteiger partial charge in [0.2, 0.25) is 0 Å². The summed E-state index contributed by atoms with van der Waals surface area (Å²) >= 11 is 0. The van der Waals surface area contributed by atoms with Gasteiger partial charge in [0.15, 0.2) is 0 Å². The molecule has 0 bridgehead atoms. The minimum atomic E-state index is -0.0717. The number of unbranched alkanes of at least 4 members (excludes halogenated alkanes) is 5. The molecule has 0 amide bonds. The van der Waals surface area contributed by atoms with E-state index in [4.69, 9.17) is 4.74 Å². The molecule has 1 rings (SSSR count). The van der Waals surface area contributed by atoms with Crippen LogP contribution in [0.25, 0.3) is 0 Å². The fourth-order valence-corrected chi connectivity index (χ4v) is 2.76. The van der Waals surface area contributed by atoms with E-state index in [-0.39, 0.29) is 6.10 Å². The van der Waals surface area contributed by atoms with Gasteiger partial charge >= 0.3 is 0 Å². The summed E-state index contributed by atoms with van der Waals surface area (Å²) in [6.07, 6.45) is 15.0. The molecule has 1 fully saturated rings. The fraction of sp³-hybridized carbons (Fsp3) is 1.00.